The molecule has 0 spiro atoms. The molecule has 1 atom stereocenters. The number of hydrogen-bond donors (Lipinski definition) is 0. The van der Waals surface area contributed by atoms with Crippen LogP contribution in [0.15, 0.2) is 27.4 Å². The van der Waals surface area contributed by atoms with E-state index >= 15 is 0 Å². The van der Waals surface area contributed by atoms with Crippen molar-refractivity contribution >= 4 is 28.5 Å². The third-order valence-corrected chi connectivity index (χ3v) is 2.93. The van der Waals surface area contributed by atoms with Crippen LogP contribution >= 0.6 is 11.6 Å². The lowest BCUT2D eigenvalue weighted by molar-refractivity contribution is -0.312. The van der Waals surface area contributed by atoms with Gasteiger partial charge in [0, 0.05) is 17.5 Å². The Labute approximate surface area is 113 Å². The minimum Gasteiger partial charge on any atom is -0.546 e. The molecule has 1 aromatic carbocycles. The first kappa shape index (κ1) is 13.4. The van der Waals surface area contributed by atoms with Gasteiger partial charge in [-0.05, 0) is 25.5 Å². The monoisotopic (exact) mass is 281 g/mol. The fourth-order valence-corrected chi connectivity index (χ4v) is 1.85. The van der Waals surface area contributed by atoms with Gasteiger partial charge in [-0.2, -0.15) is 0 Å². The van der Waals surface area contributed by atoms with Crippen molar-refractivity contribution in [1.29, 1.82) is 0 Å². The molecule has 2 rings (SSSR count). The van der Waals surface area contributed by atoms with Crippen LogP contribution in [0.2, 0.25) is 5.02 Å². The number of carboxylic acids is 1. The molecule has 0 N–H and O–H groups in total. The number of rotatable bonds is 3. The maximum absolute atomic E-state index is 11.2. The highest BCUT2D eigenvalue weighted by Crippen LogP contribution is 2.31. The second kappa shape index (κ2) is 4.93. The molecular formula is C13H10ClO5-. The number of hydrogen-bond acceptors (Lipinski definition) is 5. The molecule has 5 nitrogen and oxygen atoms in total. The normalized spacial score (nSPS) is 12.4. The standard InChI is InChI=1S/C13H11ClO5/c1-6-3-12(15)19-10-5-9(14)11(4-8(6)10)18-7(2)13(16)17/h3-5,7H,1-2H3,(H,16,17)/p-1. The minimum atomic E-state index is -1.34. The molecule has 1 heterocycles. The number of carbonyl (C=O) groups is 1. The van der Waals surface area contributed by atoms with Crippen molar-refractivity contribution in [2.75, 3.05) is 0 Å². The van der Waals surface area contributed by atoms with Crippen molar-refractivity contribution in [3.63, 3.8) is 0 Å². The summed E-state index contributed by atoms with van der Waals surface area (Å²) in [6, 6.07) is 4.29. The molecule has 1 unspecified atom stereocenters. The summed E-state index contributed by atoms with van der Waals surface area (Å²) in [6.45, 7) is 3.08. The van der Waals surface area contributed by atoms with E-state index in [0.717, 1.165) is 0 Å². The first-order valence-electron chi connectivity index (χ1n) is 5.50. The zero-order chi connectivity index (χ0) is 14.2. The summed E-state index contributed by atoms with van der Waals surface area (Å²) in [6.07, 6.45) is -1.13. The van der Waals surface area contributed by atoms with E-state index in [1.54, 1.807) is 6.92 Å². The lowest BCUT2D eigenvalue weighted by atomic mass is 10.1. The first-order chi connectivity index (χ1) is 8.88. The van der Waals surface area contributed by atoms with Crippen LogP contribution in [0.3, 0.4) is 0 Å². The van der Waals surface area contributed by atoms with E-state index < -0.39 is 17.7 Å². The van der Waals surface area contributed by atoms with Gasteiger partial charge in [0.15, 0.2) is 0 Å². The van der Waals surface area contributed by atoms with Crippen molar-refractivity contribution in [2.24, 2.45) is 0 Å². The summed E-state index contributed by atoms with van der Waals surface area (Å²) >= 11 is 5.96. The summed E-state index contributed by atoms with van der Waals surface area (Å²) in [4.78, 5) is 21.9. The lowest BCUT2D eigenvalue weighted by Gasteiger charge is -2.16. The SMILES string of the molecule is Cc1cc(=O)oc2cc(Cl)c(OC(C)C(=O)[O-])cc12. The molecule has 0 aliphatic rings. The summed E-state index contributed by atoms with van der Waals surface area (Å²) in [5, 5.41) is 11.4. The van der Waals surface area contributed by atoms with Gasteiger partial charge in [-0.25, -0.2) is 4.79 Å². The molecule has 0 saturated carbocycles. The predicted octanol–water partition coefficient (Wildman–Crippen LogP) is 1.27. The van der Waals surface area contributed by atoms with Gasteiger partial charge in [0.2, 0.25) is 0 Å². The van der Waals surface area contributed by atoms with Gasteiger partial charge in [0.1, 0.15) is 17.4 Å². The number of ether oxygens (including phenoxy) is 1. The minimum absolute atomic E-state index is 0.161. The molecule has 6 heteroatoms. The Morgan fingerprint density at radius 1 is 1.42 bits per heavy atom. The lowest BCUT2D eigenvalue weighted by Crippen LogP contribution is -2.37. The van der Waals surface area contributed by atoms with E-state index in [1.165, 1.54) is 25.1 Å². The van der Waals surface area contributed by atoms with Gasteiger partial charge < -0.3 is 19.1 Å². The average Bonchev–Trinajstić information content (AvgIpc) is 2.30. The Balaban J connectivity index is 2.55. The Kier molecular flexibility index (Phi) is 3.48. The van der Waals surface area contributed by atoms with Crippen molar-refractivity contribution in [2.45, 2.75) is 20.0 Å². The zero-order valence-electron chi connectivity index (χ0n) is 10.2. The molecule has 0 amide bonds. The highest BCUT2D eigenvalue weighted by Gasteiger charge is 2.12. The Hall–Kier alpha value is -2.01. The first-order valence-corrected chi connectivity index (χ1v) is 5.88. The van der Waals surface area contributed by atoms with E-state index in [0.29, 0.717) is 16.5 Å². The van der Waals surface area contributed by atoms with E-state index in [1.807, 2.05) is 0 Å². The van der Waals surface area contributed by atoms with Crippen LogP contribution < -0.4 is 15.5 Å². The number of benzene rings is 1. The van der Waals surface area contributed by atoms with Crippen LogP contribution in [0, 0.1) is 6.92 Å². The molecule has 0 saturated heterocycles. The molecule has 0 bridgehead atoms. The number of aryl methyl sites for hydroxylation is 1. The largest absolute Gasteiger partial charge is 0.546 e. The molecule has 0 aliphatic heterocycles. The van der Waals surface area contributed by atoms with Crippen LogP contribution in [-0.4, -0.2) is 12.1 Å². The Morgan fingerprint density at radius 3 is 2.74 bits per heavy atom. The quantitative estimate of drug-likeness (QED) is 0.792. The maximum Gasteiger partial charge on any atom is 0.336 e. The third-order valence-electron chi connectivity index (χ3n) is 2.64. The highest BCUT2D eigenvalue weighted by atomic mass is 35.5. The highest BCUT2D eigenvalue weighted by molar-refractivity contribution is 6.32. The van der Waals surface area contributed by atoms with Crippen LogP contribution in [-0.2, 0) is 4.79 Å². The number of carboxylic acid groups (broad SMARTS) is 1. The topological polar surface area (TPSA) is 79.6 Å². The molecule has 2 aromatic rings. The van der Waals surface area contributed by atoms with Crippen molar-refractivity contribution in [3.05, 3.63) is 39.2 Å². The predicted molar refractivity (Wildman–Crippen MR) is 67.3 cm³/mol. The summed E-state index contributed by atoms with van der Waals surface area (Å²) in [5.74, 6) is -1.14. The molecule has 1 aromatic heterocycles. The summed E-state index contributed by atoms with van der Waals surface area (Å²) < 4.78 is 10.2. The molecular weight excluding hydrogens is 272 g/mol. The Bertz CT molecular complexity index is 704. The number of fused-ring (bicyclic) bond motifs is 1. The zero-order valence-corrected chi connectivity index (χ0v) is 11.0. The second-order valence-electron chi connectivity index (χ2n) is 4.11. The second-order valence-corrected chi connectivity index (χ2v) is 4.51. The van der Waals surface area contributed by atoms with Crippen LogP contribution in [0.4, 0.5) is 0 Å². The van der Waals surface area contributed by atoms with Gasteiger partial charge in [0.05, 0.1) is 11.0 Å². The van der Waals surface area contributed by atoms with E-state index in [9.17, 15) is 14.7 Å². The Morgan fingerprint density at radius 2 is 2.11 bits per heavy atom. The molecule has 0 fully saturated rings. The van der Waals surface area contributed by atoms with Gasteiger partial charge >= 0.3 is 5.63 Å². The van der Waals surface area contributed by atoms with Gasteiger partial charge in [-0.15, -0.1) is 0 Å². The molecule has 0 radical (unpaired) electrons. The number of aliphatic carboxylic acids is 1. The van der Waals surface area contributed by atoms with Crippen LogP contribution in [0.5, 0.6) is 5.75 Å². The van der Waals surface area contributed by atoms with E-state index in [2.05, 4.69) is 0 Å². The fourth-order valence-electron chi connectivity index (χ4n) is 1.65. The fraction of sp³-hybridized carbons (Fsp3) is 0.231. The molecule has 100 valence electrons. The number of halogens is 1. The molecule has 0 aliphatic carbocycles. The van der Waals surface area contributed by atoms with Gasteiger partial charge in [-0.3, -0.25) is 0 Å². The smallest absolute Gasteiger partial charge is 0.336 e. The van der Waals surface area contributed by atoms with E-state index in [4.69, 9.17) is 20.8 Å². The third kappa shape index (κ3) is 2.71. The van der Waals surface area contributed by atoms with E-state index in [-0.39, 0.29) is 10.8 Å². The van der Waals surface area contributed by atoms with Crippen molar-refractivity contribution in [1.82, 2.24) is 0 Å². The number of carbonyl (C=O) groups excluding carboxylic acids is 1. The molecule has 19 heavy (non-hydrogen) atoms. The van der Waals surface area contributed by atoms with Crippen molar-refractivity contribution in [3.8, 4) is 5.75 Å². The van der Waals surface area contributed by atoms with Crippen LogP contribution in [0.25, 0.3) is 11.0 Å². The van der Waals surface area contributed by atoms with Gasteiger partial charge in [0.25, 0.3) is 0 Å². The van der Waals surface area contributed by atoms with Crippen LogP contribution in [0.1, 0.15) is 12.5 Å². The maximum atomic E-state index is 11.2. The van der Waals surface area contributed by atoms with Gasteiger partial charge in [-0.1, -0.05) is 11.6 Å². The summed E-state index contributed by atoms with van der Waals surface area (Å²) in [5.41, 5.74) is 0.537. The average molecular weight is 282 g/mol. The van der Waals surface area contributed by atoms with Crippen molar-refractivity contribution < 1.29 is 19.1 Å². The summed E-state index contributed by atoms with van der Waals surface area (Å²) in [7, 11) is 0.